The van der Waals surface area contributed by atoms with E-state index in [1.165, 1.54) is 19.3 Å². The minimum Gasteiger partial charge on any atom is -0.462 e. The average Bonchev–Trinajstić information content (AvgIpc) is 2.89. The van der Waals surface area contributed by atoms with Gasteiger partial charge in [-0.3, -0.25) is 14.4 Å². The van der Waals surface area contributed by atoms with Crippen molar-refractivity contribution in [3.05, 3.63) is 24.3 Å². The molecule has 0 aliphatic carbocycles. The van der Waals surface area contributed by atoms with Crippen LogP contribution in [-0.2, 0) is 28.6 Å². The van der Waals surface area contributed by atoms with Crippen LogP contribution in [0.4, 0.5) is 0 Å². The molecule has 0 amide bonds. The molecule has 0 spiro atoms. The van der Waals surface area contributed by atoms with Crippen LogP contribution in [-0.4, -0.2) is 49.2 Å². The maximum Gasteiger partial charge on any atom is 0.306 e. The molecule has 1 atom stereocenters. The van der Waals surface area contributed by atoms with E-state index in [1.54, 1.807) is 0 Å². The number of allylic oxidation sites excluding steroid dienone is 3. The lowest BCUT2D eigenvalue weighted by Crippen LogP contribution is -2.31. The molecule has 0 saturated heterocycles. The first kappa shape index (κ1) is 37.2. The van der Waals surface area contributed by atoms with Gasteiger partial charge in [-0.25, -0.2) is 0 Å². The highest BCUT2D eigenvalue weighted by molar-refractivity contribution is 7.98. The lowest BCUT2D eigenvalue weighted by atomic mass is 10.1. The molecular formula is C32H56O6S. The van der Waals surface area contributed by atoms with Crippen molar-refractivity contribution in [2.75, 3.05) is 25.2 Å². The van der Waals surface area contributed by atoms with Gasteiger partial charge in [-0.2, -0.15) is 11.8 Å². The third-order valence-corrected chi connectivity index (χ3v) is 6.59. The van der Waals surface area contributed by atoms with Gasteiger partial charge in [-0.05, 0) is 57.1 Å². The van der Waals surface area contributed by atoms with Crippen LogP contribution in [0.25, 0.3) is 0 Å². The minimum absolute atomic E-state index is 0.0922. The highest BCUT2D eigenvalue weighted by Crippen LogP contribution is 2.11. The van der Waals surface area contributed by atoms with Gasteiger partial charge in [-0.1, -0.05) is 83.6 Å². The molecule has 6 nitrogen and oxygen atoms in total. The van der Waals surface area contributed by atoms with E-state index >= 15 is 0 Å². The molecule has 0 aromatic rings. The number of carbonyl (C=O) groups is 3. The third kappa shape index (κ3) is 27.6. The minimum atomic E-state index is -0.778. The number of rotatable bonds is 26. The number of ether oxygens (including phenoxy) is 3. The molecule has 0 aliphatic rings. The number of thioether (sulfide) groups is 1. The Kier molecular flexibility index (Phi) is 26.5. The summed E-state index contributed by atoms with van der Waals surface area (Å²) in [7, 11) is 0. The van der Waals surface area contributed by atoms with Gasteiger partial charge in [-0.15, -0.1) is 0 Å². The smallest absolute Gasteiger partial charge is 0.306 e. The normalized spacial score (nSPS) is 12.3. The first-order chi connectivity index (χ1) is 18.9. The first-order valence-corrected chi connectivity index (χ1v) is 16.6. The maximum absolute atomic E-state index is 12.2. The van der Waals surface area contributed by atoms with Gasteiger partial charge in [0.25, 0.3) is 0 Å². The predicted octanol–water partition coefficient (Wildman–Crippen LogP) is 8.38. The molecule has 0 bridgehead atoms. The fourth-order valence-electron chi connectivity index (χ4n) is 3.89. The van der Waals surface area contributed by atoms with E-state index in [0.717, 1.165) is 70.0 Å². The van der Waals surface area contributed by atoms with Crippen molar-refractivity contribution in [3.63, 3.8) is 0 Å². The first-order valence-electron chi connectivity index (χ1n) is 15.2. The molecule has 0 saturated carbocycles. The van der Waals surface area contributed by atoms with Crippen molar-refractivity contribution < 1.29 is 28.6 Å². The Morgan fingerprint density at radius 3 is 1.64 bits per heavy atom. The molecule has 226 valence electrons. The van der Waals surface area contributed by atoms with Gasteiger partial charge in [0.05, 0.1) is 0 Å². The van der Waals surface area contributed by atoms with Crippen molar-refractivity contribution in [2.24, 2.45) is 5.92 Å². The van der Waals surface area contributed by atoms with Gasteiger partial charge >= 0.3 is 17.9 Å². The van der Waals surface area contributed by atoms with Crippen LogP contribution in [0.2, 0.25) is 0 Å². The van der Waals surface area contributed by atoms with Crippen molar-refractivity contribution in [2.45, 2.75) is 130 Å². The van der Waals surface area contributed by atoms with Crippen LogP contribution in [0.1, 0.15) is 124 Å². The molecule has 0 aliphatic heterocycles. The van der Waals surface area contributed by atoms with Gasteiger partial charge in [0.15, 0.2) is 6.10 Å². The second-order valence-electron chi connectivity index (χ2n) is 10.5. The summed E-state index contributed by atoms with van der Waals surface area (Å²) in [6.45, 7) is 5.81. The van der Waals surface area contributed by atoms with E-state index in [9.17, 15) is 14.4 Å². The molecule has 0 heterocycles. The molecule has 7 heteroatoms. The Bertz CT molecular complexity index is 674. The summed E-state index contributed by atoms with van der Waals surface area (Å²) in [4.78, 5) is 36.6. The summed E-state index contributed by atoms with van der Waals surface area (Å²) in [5.74, 6) is 0.227. The Morgan fingerprint density at radius 2 is 1.15 bits per heavy atom. The number of carbonyl (C=O) groups excluding carboxylic acids is 3. The summed E-state index contributed by atoms with van der Waals surface area (Å²) < 4.78 is 16.2. The quantitative estimate of drug-likeness (QED) is 0.0449. The third-order valence-electron chi connectivity index (χ3n) is 6.07. The Hall–Kier alpha value is -1.76. The van der Waals surface area contributed by atoms with E-state index < -0.39 is 6.10 Å². The zero-order chi connectivity index (χ0) is 29.0. The summed E-state index contributed by atoms with van der Waals surface area (Å²) >= 11 is 1.82. The van der Waals surface area contributed by atoms with Crippen LogP contribution >= 0.6 is 11.8 Å². The Morgan fingerprint density at radius 1 is 0.667 bits per heavy atom. The molecule has 39 heavy (non-hydrogen) atoms. The summed E-state index contributed by atoms with van der Waals surface area (Å²) in [5, 5.41) is 0. The predicted molar refractivity (Wildman–Crippen MR) is 163 cm³/mol. The topological polar surface area (TPSA) is 78.9 Å². The van der Waals surface area contributed by atoms with E-state index in [4.69, 9.17) is 14.2 Å². The van der Waals surface area contributed by atoms with Crippen LogP contribution in [0.15, 0.2) is 24.3 Å². The van der Waals surface area contributed by atoms with Crippen LogP contribution < -0.4 is 0 Å². The van der Waals surface area contributed by atoms with Gasteiger partial charge < -0.3 is 14.2 Å². The zero-order valence-corrected chi connectivity index (χ0v) is 26.1. The molecule has 0 radical (unpaired) electrons. The molecule has 0 fully saturated rings. The van der Waals surface area contributed by atoms with Crippen molar-refractivity contribution in [1.29, 1.82) is 0 Å². The number of hydrogen-bond donors (Lipinski definition) is 0. The largest absolute Gasteiger partial charge is 0.462 e. The molecule has 0 aromatic carbocycles. The summed E-state index contributed by atoms with van der Waals surface area (Å²) in [5.41, 5.74) is 0. The van der Waals surface area contributed by atoms with E-state index in [0.29, 0.717) is 12.8 Å². The van der Waals surface area contributed by atoms with Crippen molar-refractivity contribution in [3.8, 4) is 0 Å². The lowest BCUT2D eigenvalue weighted by molar-refractivity contribution is -0.167. The summed E-state index contributed by atoms with van der Waals surface area (Å²) in [6.07, 6.45) is 24.9. The molecule has 0 N–H and O–H groups in total. The van der Waals surface area contributed by atoms with Crippen LogP contribution in [0, 0.1) is 5.92 Å². The molecule has 0 aromatic heterocycles. The SMILES string of the molecule is CC/C=C\CCCCCCCC(=O)OCC(COC(=O)CCCCCCC/C=C\CSC)OC(=O)CC(C)C. The van der Waals surface area contributed by atoms with E-state index in [-0.39, 0.29) is 43.5 Å². The van der Waals surface area contributed by atoms with Gasteiger partial charge in [0.2, 0.25) is 0 Å². The van der Waals surface area contributed by atoms with Crippen molar-refractivity contribution in [1.82, 2.24) is 0 Å². The highest BCUT2D eigenvalue weighted by atomic mass is 32.2. The second-order valence-corrected chi connectivity index (χ2v) is 11.4. The van der Waals surface area contributed by atoms with Crippen LogP contribution in [0.3, 0.4) is 0 Å². The standard InChI is InChI=1S/C32H56O6S/c1-5-6-7-8-9-10-13-16-19-22-30(33)36-26-29(38-32(35)25-28(2)3)27-37-31(34)23-20-17-14-11-12-15-18-21-24-39-4/h6-7,18,21,28-29H,5,8-17,19-20,22-27H2,1-4H3/b7-6-,21-18-. The van der Waals surface area contributed by atoms with Crippen LogP contribution in [0.5, 0.6) is 0 Å². The van der Waals surface area contributed by atoms with Gasteiger partial charge in [0, 0.05) is 25.0 Å². The van der Waals surface area contributed by atoms with E-state index in [2.05, 4.69) is 37.5 Å². The lowest BCUT2D eigenvalue weighted by Gasteiger charge is -2.19. The average molecular weight is 569 g/mol. The fourth-order valence-corrected chi connectivity index (χ4v) is 4.22. The molecule has 0 rings (SSSR count). The zero-order valence-electron chi connectivity index (χ0n) is 25.3. The molecular weight excluding hydrogens is 512 g/mol. The number of esters is 3. The monoisotopic (exact) mass is 568 g/mol. The van der Waals surface area contributed by atoms with Crippen molar-refractivity contribution >= 4 is 29.7 Å². The fraction of sp³-hybridized carbons (Fsp3) is 0.781. The number of unbranched alkanes of at least 4 members (excludes halogenated alkanes) is 10. The van der Waals surface area contributed by atoms with E-state index in [1.807, 2.05) is 25.6 Å². The Labute approximate surface area is 243 Å². The highest BCUT2D eigenvalue weighted by Gasteiger charge is 2.20. The number of hydrogen-bond acceptors (Lipinski definition) is 7. The Balaban J connectivity index is 4.19. The summed E-state index contributed by atoms with van der Waals surface area (Å²) in [6, 6.07) is 0. The second kappa shape index (κ2) is 27.8. The molecule has 1 unspecified atom stereocenters. The maximum atomic E-state index is 12.2. The van der Waals surface area contributed by atoms with Gasteiger partial charge in [0.1, 0.15) is 13.2 Å².